The highest BCUT2D eigenvalue weighted by Gasteiger charge is 2.10. The smallest absolute Gasteiger partial charge is 0.251 e. The zero-order chi connectivity index (χ0) is 19.8. The van der Waals surface area contributed by atoms with Gasteiger partial charge in [0.15, 0.2) is 5.96 Å². The van der Waals surface area contributed by atoms with Gasteiger partial charge in [-0.3, -0.25) is 9.79 Å². The first-order valence-electron chi connectivity index (χ1n) is 9.20. The Morgan fingerprint density at radius 1 is 1.26 bits per heavy atom. The van der Waals surface area contributed by atoms with Crippen molar-refractivity contribution in [3.05, 3.63) is 52.7 Å². The van der Waals surface area contributed by atoms with E-state index in [2.05, 4.69) is 25.9 Å². The first kappa shape index (κ1) is 20.5. The molecular weight excluding hydrogens is 342 g/mol. The molecule has 7 nitrogen and oxygen atoms in total. The standard InChI is InChI=1S/C20H29N5O2/c1-6-13(2)24-19(26)17-9-7-8-16(10-17)11-22-20(21-5)23-12-18-25-14(3)15(4)27-18/h7-10,13H,6,11-12H2,1-5H3,(H,24,26)(H2,21,22,23). The van der Waals surface area contributed by atoms with Gasteiger partial charge in [0, 0.05) is 25.2 Å². The Morgan fingerprint density at radius 3 is 2.63 bits per heavy atom. The predicted molar refractivity (Wildman–Crippen MR) is 107 cm³/mol. The Balaban J connectivity index is 1.90. The van der Waals surface area contributed by atoms with Crippen LogP contribution in [0.5, 0.6) is 0 Å². The maximum atomic E-state index is 12.3. The number of nitrogens with zero attached hydrogens (tertiary/aromatic N) is 2. The lowest BCUT2D eigenvalue weighted by molar-refractivity contribution is 0.0939. The molecule has 27 heavy (non-hydrogen) atoms. The van der Waals surface area contributed by atoms with Crippen molar-refractivity contribution in [1.82, 2.24) is 20.9 Å². The first-order valence-corrected chi connectivity index (χ1v) is 9.20. The SMILES string of the molecule is CCC(C)NC(=O)c1cccc(CNC(=NC)NCc2nc(C)c(C)o2)c1. The lowest BCUT2D eigenvalue weighted by Crippen LogP contribution is -2.36. The second-order valence-electron chi connectivity index (χ2n) is 6.51. The monoisotopic (exact) mass is 371 g/mol. The van der Waals surface area contributed by atoms with Crippen molar-refractivity contribution >= 4 is 11.9 Å². The number of hydrogen-bond acceptors (Lipinski definition) is 4. The lowest BCUT2D eigenvalue weighted by Gasteiger charge is -2.13. The molecule has 1 aromatic heterocycles. The fourth-order valence-corrected chi connectivity index (χ4v) is 2.41. The van der Waals surface area contributed by atoms with Gasteiger partial charge in [-0.15, -0.1) is 0 Å². The number of carbonyl (C=O) groups is 1. The van der Waals surface area contributed by atoms with E-state index in [-0.39, 0.29) is 11.9 Å². The second-order valence-corrected chi connectivity index (χ2v) is 6.51. The van der Waals surface area contributed by atoms with E-state index in [9.17, 15) is 4.79 Å². The zero-order valence-electron chi connectivity index (χ0n) is 16.7. The zero-order valence-corrected chi connectivity index (χ0v) is 16.7. The van der Waals surface area contributed by atoms with Crippen molar-refractivity contribution in [2.45, 2.75) is 53.2 Å². The Morgan fingerprint density at radius 2 is 2.00 bits per heavy atom. The van der Waals surface area contributed by atoms with Gasteiger partial charge >= 0.3 is 0 Å². The third kappa shape index (κ3) is 6.13. The highest BCUT2D eigenvalue weighted by Crippen LogP contribution is 2.08. The van der Waals surface area contributed by atoms with Crippen LogP contribution in [-0.2, 0) is 13.1 Å². The molecular formula is C20H29N5O2. The van der Waals surface area contributed by atoms with E-state index in [0.717, 1.165) is 23.4 Å². The van der Waals surface area contributed by atoms with Crippen molar-refractivity contribution in [2.24, 2.45) is 4.99 Å². The van der Waals surface area contributed by atoms with Crippen LogP contribution in [0.4, 0.5) is 0 Å². The lowest BCUT2D eigenvalue weighted by atomic mass is 10.1. The molecule has 0 radical (unpaired) electrons. The van der Waals surface area contributed by atoms with Crippen LogP contribution in [0.2, 0.25) is 0 Å². The molecule has 2 aromatic rings. The number of oxazole rings is 1. The van der Waals surface area contributed by atoms with E-state index in [0.29, 0.717) is 30.5 Å². The second kappa shape index (κ2) is 9.75. The van der Waals surface area contributed by atoms with E-state index in [1.807, 2.05) is 52.0 Å². The summed E-state index contributed by atoms with van der Waals surface area (Å²) in [7, 11) is 1.71. The molecule has 1 heterocycles. The Bertz CT molecular complexity index is 778. The molecule has 2 rings (SSSR count). The van der Waals surface area contributed by atoms with Gasteiger partial charge in [0.1, 0.15) is 5.76 Å². The maximum Gasteiger partial charge on any atom is 0.251 e. The van der Waals surface area contributed by atoms with Gasteiger partial charge in [-0.1, -0.05) is 19.1 Å². The summed E-state index contributed by atoms with van der Waals surface area (Å²) in [6.45, 7) is 8.85. The molecule has 0 bridgehead atoms. The molecule has 1 aromatic carbocycles. The van der Waals surface area contributed by atoms with Crippen LogP contribution in [0.3, 0.4) is 0 Å². The number of aromatic nitrogens is 1. The van der Waals surface area contributed by atoms with Crippen molar-refractivity contribution in [1.29, 1.82) is 0 Å². The largest absolute Gasteiger partial charge is 0.444 e. The van der Waals surface area contributed by atoms with Crippen molar-refractivity contribution in [2.75, 3.05) is 7.05 Å². The van der Waals surface area contributed by atoms with E-state index in [1.165, 1.54) is 0 Å². The minimum Gasteiger partial charge on any atom is -0.444 e. The van der Waals surface area contributed by atoms with Crippen LogP contribution >= 0.6 is 0 Å². The third-order valence-electron chi connectivity index (χ3n) is 4.34. The van der Waals surface area contributed by atoms with Crippen LogP contribution in [-0.4, -0.2) is 29.9 Å². The molecule has 0 aliphatic carbocycles. The average Bonchev–Trinajstić information content (AvgIpc) is 2.99. The van der Waals surface area contributed by atoms with Crippen LogP contribution in [0.25, 0.3) is 0 Å². The van der Waals surface area contributed by atoms with Gasteiger partial charge in [-0.25, -0.2) is 4.98 Å². The number of rotatable bonds is 7. The molecule has 1 unspecified atom stereocenters. The molecule has 0 saturated heterocycles. The van der Waals surface area contributed by atoms with Gasteiger partial charge < -0.3 is 20.4 Å². The summed E-state index contributed by atoms with van der Waals surface area (Å²) >= 11 is 0. The highest BCUT2D eigenvalue weighted by molar-refractivity contribution is 5.94. The van der Waals surface area contributed by atoms with E-state index in [1.54, 1.807) is 7.05 Å². The molecule has 146 valence electrons. The molecule has 1 amide bonds. The van der Waals surface area contributed by atoms with Gasteiger partial charge in [0.25, 0.3) is 5.91 Å². The highest BCUT2D eigenvalue weighted by atomic mass is 16.4. The number of guanidine groups is 1. The number of benzene rings is 1. The van der Waals surface area contributed by atoms with E-state index < -0.39 is 0 Å². The van der Waals surface area contributed by atoms with Gasteiger partial charge in [-0.2, -0.15) is 0 Å². The van der Waals surface area contributed by atoms with Crippen molar-refractivity contribution < 1.29 is 9.21 Å². The summed E-state index contributed by atoms with van der Waals surface area (Å²) in [6.07, 6.45) is 0.901. The number of amides is 1. The van der Waals surface area contributed by atoms with Gasteiger partial charge in [0.05, 0.1) is 12.2 Å². The minimum absolute atomic E-state index is 0.0525. The molecule has 7 heteroatoms. The molecule has 0 fully saturated rings. The number of carbonyl (C=O) groups excluding carboxylic acids is 1. The number of hydrogen-bond donors (Lipinski definition) is 3. The summed E-state index contributed by atoms with van der Waals surface area (Å²) < 4.78 is 5.55. The Kier molecular flexibility index (Phi) is 7.40. The average molecular weight is 371 g/mol. The van der Waals surface area contributed by atoms with Crippen molar-refractivity contribution in [3.63, 3.8) is 0 Å². The predicted octanol–water partition coefficient (Wildman–Crippen LogP) is 2.68. The van der Waals surface area contributed by atoms with Crippen molar-refractivity contribution in [3.8, 4) is 0 Å². The first-order chi connectivity index (χ1) is 12.9. The molecule has 0 saturated carbocycles. The van der Waals surface area contributed by atoms with Crippen LogP contribution in [0.15, 0.2) is 33.7 Å². The maximum absolute atomic E-state index is 12.3. The number of nitrogens with one attached hydrogen (secondary N) is 3. The fraction of sp³-hybridized carbons (Fsp3) is 0.450. The summed E-state index contributed by atoms with van der Waals surface area (Å²) in [5, 5.41) is 9.39. The third-order valence-corrected chi connectivity index (χ3v) is 4.34. The van der Waals surface area contributed by atoms with E-state index in [4.69, 9.17) is 4.42 Å². The number of aliphatic imine (C=N–C) groups is 1. The molecule has 0 spiro atoms. The van der Waals surface area contributed by atoms with Gasteiger partial charge in [-0.05, 0) is 44.9 Å². The fourth-order valence-electron chi connectivity index (χ4n) is 2.41. The van der Waals surface area contributed by atoms with E-state index >= 15 is 0 Å². The quantitative estimate of drug-likeness (QED) is 0.514. The van der Waals surface area contributed by atoms with Crippen LogP contribution in [0.1, 0.15) is 53.5 Å². The normalized spacial score (nSPS) is 12.6. The topological polar surface area (TPSA) is 91.5 Å². The molecule has 0 aliphatic heterocycles. The summed E-state index contributed by atoms with van der Waals surface area (Å²) in [5.74, 6) is 2.03. The Hall–Kier alpha value is -2.83. The summed E-state index contributed by atoms with van der Waals surface area (Å²) in [4.78, 5) is 20.8. The van der Waals surface area contributed by atoms with Crippen LogP contribution in [0, 0.1) is 13.8 Å². The molecule has 3 N–H and O–H groups in total. The summed E-state index contributed by atoms with van der Waals surface area (Å²) in [5.41, 5.74) is 2.54. The summed E-state index contributed by atoms with van der Waals surface area (Å²) in [6, 6.07) is 7.73. The van der Waals surface area contributed by atoms with Crippen LogP contribution < -0.4 is 16.0 Å². The Labute approximate surface area is 160 Å². The minimum atomic E-state index is -0.0525. The van der Waals surface area contributed by atoms with Gasteiger partial charge in [0.2, 0.25) is 5.89 Å². The molecule has 1 atom stereocenters. The molecule has 0 aliphatic rings. The number of aryl methyl sites for hydroxylation is 2.